The van der Waals surface area contributed by atoms with Crippen molar-refractivity contribution in [3.8, 4) is 0 Å². The minimum Gasteiger partial charge on any atom is -0.481 e. The maximum Gasteiger partial charge on any atom is 0.307 e. The van der Waals surface area contributed by atoms with Crippen molar-refractivity contribution < 1.29 is 19.5 Å². The molecule has 1 fully saturated rings. The largest absolute Gasteiger partial charge is 0.481 e. The molecule has 2 aromatic rings. The van der Waals surface area contributed by atoms with Crippen molar-refractivity contribution in [1.29, 1.82) is 0 Å². The van der Waals surface area contributed by atoms with Crippen LogP contribution in [0.3, 0.4) is 0 Å². The number of carbonyl (C=O) groups is 2. The Labute approximate surface area is 223 Å². The Morgan fingerprint density at radius 3 is 2.08 bits per heavy atom. The van der Waals surface area contributed by atoms with Crippen molar-refractivity contribution >= 4 is 30.6 Å². The second-order valence-electron chi connectivity index (χ2n) is 11.3. The summed E-state index contributed by atoms with van der Waals surface area (Å²) in [4.78, 5) is 39.7. The van der Waals surface area contributed by atoms with E-state index < -0.39 is 31.2 Å². The van der Waals surface area contributed by atoms with E-state index in [0.717, 1.165) is 36.1 Å². The van der Waals surface area contributed by atoms with E-state index >= 15 is 0 Å². The molecule has 0 aliphatic heterocycles. The summed E-state index contributed by atoms with van der Waals surface area (Å²) in [6.07, 6.45) is 7.20. The molecule has 37 heavy (non-hydrogen) atoms. The average Bonchev–Trinajstić information content (AvgIpc) is 2.90. The fourth-order valence-corrected chi connectivity index (χ4v) is 10.0. The molecule has 1 saturated carbocycles. The predicted octanol–water partition coefficient (Wildman–Crippen LogP) is 4.84. The van der Waals surface area contributed by atoms with Gasteiger partial charge in [0.2, 0.25) is 5.91 Å². The number of carboxylic acids is 1. The van der Waals surface area contributed by atoms with E-state index in [2.05, 4.69) is 20.4 Å². The van der Waals surface area contributed by atoms with Gasteiger partial charge in [-0.2, -0.15) is 0 Å². The van der Waals surface area contributed by atoms with Crippen LogP contribution < -0.4 is 10.4 Å². The van der Waals surface area contributed by atoms with Gasteiger partial charge in [-0.15, -0.1) is 6.58 Å². The van der Waals surface area contributed by atoms with Gasteiger partial charge in [0.25, 0.3) is 8.32 Å². The van der Waals surface area contributed by atoms with Gasteiger partial charge in [-0.1, -0.05) is 80.6 Å². The highest BCUT2D eigenvalue weighted by Gasteiger charge is 2.52. The highest BCUT2D eigenvalue weighted by molar-refractivity contribution is 6.98. The summed E-state index contributed by atoms with van der Waals surface area (Å²) in [5.41, 5.74) is 0. The zero-order valence-electron chi connectivity index (χ0n) is 22.6. The molecular weight excluding hydrogens is 478 g/mol. The third kappa shape index (κ3) is 6.60. The first-order valence-electron chi connectivity index (χ1n) is 13.5. The van der Waals surface area contributed by atoms with Crippen LogP contribution in [-0.4, -0.2) is 48.6 Å². The lowest BCUT2D eigenvalue weighted by molar-refractivity contribution is -0.153. The smallest absolute Gasteiger partial charge is 0.307 e. The normalized spacial score (nSPS) is 20.3. The first kappa shape index (κ1) is 28.9. The van der Waals surface area contributed by atoms with Gasteiger partial charge >= 0.3 is 5.97 Å². The molecule has 0 bridgehead atoms. The molecule has 3 atom stereocenters. The third-order valence-corrected chi connectivity index (χ3v) is 12.8. The molecule has 0 radical (unpaired) electrons. The molecule has 1 amide bonds. The van der Waals surface area contributed by atoms with E-state index in [4.69, 9.17) is 0 Å². The Balaban J connectivity index is 1.78. The first-order valence-corrected chi connectivity index (χ1v) is 15.5. The molecule has 2 N–H and O–H groups in total. The summed E-state index contributed by atoms with van der Waals surface area (Å²) in [6.45, 7) is 8.63. The third-order valence-electron chi connectivity index (χ3n) is 8.28. The maximum atomic E-state index is 13.2. The number of nitrogens with zero attached hydrogens (tertiary/aromatic N) is 1. The zero-order chi connectivity index (χ0) is 27.1. The van der Waals surface area contributed by atoms with Gasteiger partial charge in [-0.05, 0) is 66.3 Å². The summed E-state index contributed by atoms with van der Waals surface area (Å²) in [6, 6.07) is 19.9. The first-order chi connectivity index (χ1) is 17.6. The summed E-state index contributed by atoms with van der Waals surface area (Å²) in [5.74, 6) is -1.99. The lowest BCUT2D eigenvalue weighted by atomic mass is 9.71. The second-order valence-corrected chi connectivity index (χ2v) is 15.2. The predicted molar refractivity (Wildman–Crippen MR) is 152 cm³/mol. The second kappa shape index (κ2) is 12.7. The van der Waals surface area contributed by atoms with Crippen LogP contribution in [0.25, 0.3) is 0 Å². The van der Waals surface area contributed by atoms with Gasteiger partial charge in [-0.3, -0.25) is 9.59 Å². The Bertz CT molecular complexity index is 1000. The number of allylic oxidation sites excluding steroid dienone is 1. The van der Waals surface area contributed by atoms with Gasteiger partial charge in [0, 0.05) is 13.6 Å². The van der Waals surface area contributed by atoms with Crippen molar-refractivity contribution in [2.45, 2.75) is 63.8 Å². The molecule has 1 aliphatic carbocycles. The summed E-state index contributed by atoms with van der Waals surface area (Å²) in [5, 5.41) is 11.6. The molecular formula is C31H43NO4Si. The fraction of sp³-hybridized carbons (Fsp3) is 0.484. The fourth-order valence-electron chi connectivity index (χ4n) is 6.22. The molecule has 0 unspecified atom stereocenters. The number of unbranched alkanes of at least 4 members (excludes halogenated alkanes) is 2. The number of hydrogen-bond donors (Lipinski definition) is 2. The van der Waals surface area contributed by atoms with Crippen LogP contribution in [0, 0.1) is 17.8 Å². The number of hydrogen-bond acceptors (Lipinski definition) is 3. The molecule has 3 rings (SSSR count). The summed E-state index contributed by atoms with van der Waals surface area (Å²) < 4.78 is 0. The van der Waals surface area contributed by atoms with E-state index in [0.29, 0.717) is 25.8 Å². The van der Waals surface area contributed by atoms with Gasteiger partial charge in [0.05, 0.1) is 11.8 Å². The van der Waals surface area contributed by atoms with Crippen LogP contribution in [0.5, 0.6) is 0 Å². The van der Waals surface area contributed by atoms with E-state index in [1.165, 1.54) is 0 Å². The molecule has 0 saturated heterocycles. The van der Waals surface area contributed by atoms with Crippen LogP contribution in [-0.2, 0) is 9.59 Å². The number of carboxylic acid groups (broad SMARTS) is 1. The van der Waals surface area contributed by atoms with Crippen LogP contribution in [0.1, 0.15) is 58.8 Å². The molecule has 0 aromatic heterocycles. The minimum absolute atomic E-state index is 0.0526. The molecule has 5 nitrogen and oxygen atoms in total. The number of rotatable bonds is 12. The Kier molecular flexibility index (Phi) is 9.91. The maximum absolute atomic E-state index is 13.2. The van der Waals surface area contributed by atoms with Crippen molar-refractivity contribution in [3.63, 3.8) is 0 Å². The Hall–Kier alpha value is -2.70. The van der Waals surface area contributed by atoms with Crippen molar-refractivity contribution in [2.75, 3.05) is 13.6 Å². The average molecular weight is 522 g/mol. The van der Waals surface area contributed by atoms with Gasteiger partial charge < -0.3 is 14.8 Å². The number of benzene rings is 2. The van der Waals surface area contributed by atoms with Crippen LogP contribution >= 0.6 is 0 Å². The number of amides is 1. The lowest BCUT2D eigenvalue weighted by Gasteiger charge is -2.45. The van der Waals surface area contributed by atoms with Gasteiger partial charge in [0.1, 0.15) is 0 Å². The highest BCUT2D eigenvalue weighted by Crippen LogP contribution is 2.47. The van der Waals surface area contributed by atoms with Crippen LogP contribution in [0.2, 0.25) is 5.04 Å². The number of carbonyl (C=O) groups excluding carboxylic acids is 1. The van der Waals surface area contributed by atoms with Crippen LogP contribution in [0.4, 0.5) is 0 Å². The minimum atomic E-state index is -3.17. The number of aliphatic carboxylic acids is 1. The molecule has 1 aliphatic rings. The monoisotopic (exact) mass is 521 g/mol. The SMILES string of the molecule is C=CCCCCN(C)C(=O)[C@@H]1CC[C@@H](CC(C)(C)[Si](O)(c2ccccc2)c2ccccc2)C[C@H]1C(=O)O. The molecule has 6 heteroatoms. The van der Waals surface area contributed by atoms with Crippen LogP contribution in [0.15, 0.2) is 73.3 Å². The topological polar surface area (TPSA) is 77.8 Å². The Morgan fingerprint density at radius 1 is 1.00 bits per heavy atom. The van der Waals surface area contributed by atoms with E-state index in [1.54, 1.807) is 11.9 Å². The van der Waals surface area contributed by atoms with Gasteiger partial charge in [-0.25, -0.2) is 0 Å². The molecule has 200 valence electrons. The van der Waals surface area contributed by atoms with Gasteiger partial charge in [0.15, 0.2) is 0 Å². The molecule has 0 heterocycles. The Morgan fingerprint density at radius 2 is 1.57 bits per heavy atom. The lowest BCUT2D eigenvalue weighted by Crippen LogP contribution is -2.65. The standard InChI is InChI=1S/C31H43NO4Si/c1-5-6-7-14-21-32(4)29(33)27-20-19-24(22-28(27)30(34)35)23-31(2,3)37(36,25-15-10-8-11-16-25)26-17-12-9-13-18-26/h5,8-13,15-18,24,27-28,36H,1,6-7,14,19-23H2,2-4H3,(H,34,35)/t24-,27-,28-/m1/s1. The highest BCUT2D eigenvalue weighted by atomic mass is 28.4. The van der Waals surface area contributed by atoms with Crippen molar-refractivity contribution in [1.82, 2.24) is 4.90 Å². The quantitative estimate of drug-likeness (QED) is 0.238. The summed E-state index contributed by atoms with van der Waals surface area (Å²) >= 11 is 0. The van der Waals surface area contributed by atoms with Crippen molar-refractivity contribution in [2.24, 2.45) is 17.8 Å². The van der Waals surface area contributed by atoms with Crippen molar-refractivity contribution in [3.05, 3.63) is 73.3 Å². The van der Waals surface area contributed by atoms with E-state index in [9.17, 15) is 19.5 Å². The molecule has 0 spiro atoms. The van der Waals surface area contributed by atoms with E-state index in [-0.39, 0.29) is 11.8 Å². The zero-order valence-corrected chi connectivity index (χ0v) is 23.6. The van der Waals surface area contributed by atoms with E-state index in [1.807, 2.05) is 66.7 Å². The molecule has 2 aromatic carbocycles. The summed E-state index contributed by atoms with van der Waals surface area (Å²) in [7, 11) is -1.38.